The average Bonchev–Trinajstić information content (AvgIpc) is 2.96. The van der Waals surface area contributed by atoms with Crippen LogP contribution in [0.25, 0.3) is 0 Å². The SMILES string of the molecule is CC(C)(C)OC(=O)N1CC2C(C1)C2NC1CCCc2ccccc21. The van der Waals surface area contributed by atoms with Crippen LogP contribution in [-0.4, -0.2) is 35.7 Å². The van der Waals surface area contributed by atoms with E-state index in [2.05, 4.69) is 29.6 Å². The van der Waals surface area contributed by atoms with E-state index < -0.39 is 5.60 Å². The van der Waals surface area contributed by atoms with E-state index in [9.17, 15) is 4.79 Å². The largest absolute Gasteiger partial charge is 0.444 e. The molecule has 0 radical (unpaired) electrons. The summed E-state index contributed by atoms with van der Waals surface area (Å²) in [5, 5.41) is 3.88. The van der Waals surface area contributed by atoms with Crippen LogP contribution in [0, 0.1) is 11.8 Å². The summed E-state index contributed by atoms with van der Waals surface area (Å²) in [6.07, 6.45) is 3.54. The normalized spacial score (nSPS) is 31.4. The molecule has 1 amide bonds. The number of amides is 1. The zero-order valence-corrected chi connectivity index (χ0v) is 14.9. The lowest BCUT2D eigenvalue weighted by molar-refractivity contribution is 0.0268. The molecule has 4 heteroatoms. The van der Waals surface area contributed by atoms with Gasteiger partial charge in [-0.3, -0.25) is 0 Å². The fraction of sp³-hybridized carbons (Fsp3) is 0.650. The van der Waals surface area contributed by atoms with Crippen LogP contribution < -0.4 is 5.32 Å². The molecule has 3 atom stereocenters. The number of piperidine rings is 1. The lowest BCUT2D eigenvalue weighted by atomic mass is 9.87. The van der Waals surface area contributed by atoms with Crippen LogP contribution in [0.15, 0.2) is 24.3 Å². The third-order valence-electron chi connectivity index (χ3n) is 5.61. The highest BCUT2D eigenvalue weighted by molar-refractivity contribution is 5.69. The molecule has 1 aliphatic heterocycles. The maximum Gasteiger partial charge on any atom is 0.410 e. The van der Waals surface area contributed by atoms with Crippen molar-refractivity contribution in [2.75, 3.05) is 13.1 Å². The Hall–Kier alpha value is -1.55. The summed E-state index contributed by atoms with van der Waals surface area (Å²) in [6.45, 7) is 7.45. The Morgan fingerprint density at radius 2 is 1.92 bits per heavy atom. The van der Waals surface area contributed by atoms with Crippen molar-refractivity contribution in [2.45, 2.75) is 57.7 Å². The number of benzene rings is 1. The minimum Gasteiger partial charge on any atom is -0.444 e. The maximum absolute atomic E-state index is 12.2. The molecule has 1 saturated heterocycles. The molecule has 130 valence electrons. The van der Waals surface area contributed by atoms with Crippen LogP contribution in [0.1, 0.15) is 50.8 Å². The summed E-state index contributed by atoms with van der Waals surface area (Å²) >= 11 is 0. The van der Waals surface area contributed by atoms with Gasteiger partial charge in [-0.25, -0.2) is 4.79 Å². The lowest BCUT2D eigenvalue weighted by Crippen LogP contribution is -2.40. The van der Waals surface area contributed by atoms with Gasteiger partial charge in [0.15, 0.2) is 0 Å². The highest BCUT2D eigenvalue weighted by atomic mass is 16.6. The third-order valence-corrected chi connectivity index (χ3v) is 5.61. The summed E-state index contributed by atoms with van der Waals surface area (Å²) in [6, 6.07) is 9.89. The Morgan fingerprint density at radius 1 is 1.21 bits per heavy atom. The Balaban J connectivity index is 1.33. The molecule has 0 bridgehead atoms. The molecule has 2 fully saturated rings. The van der Waals surface area contributed by atoms with Crippen LogP contribution in [0.5, 0.6) is 0 Å². The number of hydrogen-bond donors (Lipinski definition) is 1. The quantitative estimate of drug-likeness (QED) is 0.903. The van der Waals surface area contributed by atoms with Gasteiger partial charge in [0.25, 0.3) is 0 Å². The molecule has 1 aromatic rings. The topological polar surface area (TPSA) is 41.6 Å². The predicted octanol–water partition coefficient (Wildman–Crippen LogP) is 3.52. The molecule has 1 heterocycles. The molecule has 2 aliphatic carbocycles. The highest BCUT2D eigenvalue weighted by Gasteiger charge is 2.57. The van der Waals surface area contributed by atoms with E-state index in [1.165, 1.54) is 30.4 Å². The number of likely N-dealkylation sites (tertiary alicyclic amines) is 1. The number of hydrogen-bond acceptors (Lipinski definition) is 3. The van der Waals surface area contributed by atoms with Gasteiger partial charge in [0, 0.05) is 25.2 Å². The number of aryl methyl sites for hydroxylation is 1. The van der Waals surface area contributed by atoms with Gasteiger partial charge in [0.05, 0.1) is 0 Å². The molecular formula is C20H28N2O2. The molecule has 1 N–H and O–H groups in total. The smallest absolute Gasteiger partial charge is 0.410 e. The molecule has 1 saturated carbocycles. The number of carbonyl (C=O) groups is 1. The monoisotopic (exact) mass is 328 g/mol. The van der Waals surface area contributed by atoms with Gasteiger partial charge in [0.2, 0.25) is 0 Å². The Kier molecular flexibility index (Phi) is 3.83. The first kappa shape index (κ1) is 15.9. The molecule has 3 unspecified atom stereocenters. The Labute approximate surface area is 144 Å². The first-order chi connectivity index (χ1) is 11.4. The number of nitrogens with zero attached hydrogens (tertiary/aromatic N) is 1. The molecule has 4 nitrogen and oxygen atoms in total. The zero-order valence-electron chi connectivity index (χ0n) is 14.9. The predicted molar refractivity (Wildman–Crippen MR) is 93.8 cm³/mol. The van der Waals surface area contributed by atoms with E-state index in [1.54, 1.807) is 0 Å². The Morgan fingerprint density at radius 3 is 2.62 bits per heavy atom. The van der Waals surface area contributed by atoms with Gasteiger partial charge >= 0.3 is 6.09 Å². The summed E-state index contributed by atoms with van der Waals surface area (Å²) in [7, 11) is 0. The van der Waals surface area contributed by atoms with E-state index in [1.807, 2.05) is 25.7 Å². The van der Waals surface area contributed by atoms with Gasteiger partial charge in [-0.2, -0.15) is 0 Å². The molecular weight excluding hydrogens is 300 g/mol. The van der Waals surface area contributed by atoms with Crippen molar-refractivity contribution in [3.05, 3.63) is 35.4 Å². The van der Waals surface area contributed by atoms with Crippen molar-refractivity contribution < 1.29 is 9.53 Å². The van der Waals surface area contributed by atoms with Crippen molar-refractivity contribution in [1.82, 2.24) is 10.2 Å². The van der Waals surface area contributed by atoms with E-state index in [0.29, 0.717) is 23.9 Å². The fourth-order valence-electron chi connectivity index (χ4n) is 4.41. The lowest BCUT2D eigenvalue weighted by Gasteiger charge is -2.29. The summed E-state index contributed by atoms with van der Waals surface area (Å²) < 4.78 is 5.49. The van der Waals surface area contributed by atoms with Crippen molar-refractivity contribution in [1.29, 1.82) is 0 Å². The van der Waals surface area contributed by atoms with E-state index in [0.717, 1.165) is 13.1 Å². The van der Waals surface area contributed by atoms with Crippen molar-refractivity contribution in [3.8, 4) is 0 Å². The number of carbonyl (C=O) groups excluding carboxylic acids is 1. The summed E-state index contributed by atoms with van der Waals surface area (Å²) in [5.74, 6) is 1.21. The van der Waals surface area contributed by atoms with E-state index >= 15 is 0 Å². The number of nitrogens with one attached hydrogen (secondary N) is 1. The van der Waals surface area contributed by atoms with Crippen LogP contribution >= 0.6 is 0 Å². The Bertz CT molecular complexity index is 625. The summed E-state index contributed by atoms with van der Waals surface area (Å²) in [4.78, 5) is 14.1. The minimum absolute atomic E-state index is 0.156. The van der Waals surface area contributed by atoms with Crippen LogP contribution in [0.2, 0.25) is 0 Å². The summed E-state index contributed by atoms with van der Waals surface area (Å²) in [5.41, 5.74) is 2.58. The first-order valence-corrected chi connectivity index (χ1v) is 9.24. The molecule has 1 aromatic carbocycles. The molecule has 3 aliphatic rings. The molecule has 4 rings (SSSR count). The maximum atomic E-state index is 12.2. The standard InChI is InChI=1S/C20H28N2O2/c1-20(2,3)24-19(23)22-11-15-16(12-22)18(15)21-17-10-6-8-13-7-4-5-9-14(13)17/h4-5,7,9,15-18,21H,6,8,10-12H2,1-3H3. The second kappa shape index (κ2) is 5.76. The van der Waals surface area contributed by atoms with Crippen molar-refractivity contribution >= 4 is 6.09 Å². The van der Waals surface area contributed by atoms with Crippen LogP contribution in [-0.2, 0) is 11.2 Å². The number of rotatable bonds is 2. The molecule has 0 spiro atoms. The average molecular weight is 328 g/mol. The van der Waals surface area contributed by atoms with Crippen molar-refractivity contribution in [2.24, 2.45) is 11.8 Å². The van der Waals surface area contributed by atoms with Gasteiger partial charge in [-0.05, 0) is 63.0 Å². The van der Waals surface area contributed by atoms with E-state index in [4.69, 9.17) is 4.74 Å². The van der Waals surface area contributed by atoms with Crippen molar-refractivity contribution in [3.63, 3.8) is 0 Å². The van der Waals surface area contributed by atoms with Gasteiger partial charge in [0.1, 0.15) is 5.60 Å². The number of ether oxygens (including phenoxy) is 1. The van der Waals surface area contributed by atoms with Gasteiger partial charge in [-0.15, -0.1) is 0 Å². The van der Waals surface area contributed by atoms with E-state index in [-0.39, 0.29) is 6.09 Å². The molecule has 0 aromatic heterocycles. The second-order valence-electron chi connectivity index (χ2n) is 8.55. The third kappa shape index (κ3) is 3.04. The zero-order chi connectivity index (χ0) is 16.9. The van der Waals surface area contributed by atoms with Crippen LogP contribution in [0.4, 0.5) is 4.79 Å². The highest BCUT2D eigenvalue weighted by Crippen LogP contribution is 2.47. The fourth-order valence-corrected chi connectivity index (χ4v) is 4.41. The van der Waals surface area contributed by atoms with Gasteiger partial charge < -0.3 is 15.0 Å². The minimum atomic E-state index is -0.409. The second-order valence-corrected chi connectivity index (χ2v) is 8.55. The molecule has 24 heavy (non-hydrogen) atoms. The van der Waals surface area contributed by atoms with Crippen LogP contribution in [0.3, 0.4) is 0 Å². The van der Waals surface area contributed by atoms with Gasteiger partial charge in [-0.1, -0.05) is 24.3 Å². The number of fused-ring (bicyclic) bond motifs is 2. The first-order valence-electron chi connectivity index (χ1n) is 9.24.